The normalized spacial score (nSPS) is 14.9. The summed E-state index contributed by atoms with van der Waals surface area (Å²) in [4.78, 5) is 26.6. The van der Waals surface area contributed by atoms with Crippen molar-refractivity contribution in [2.75, 3.05) is 37.7 Å². The van der Waals surface area contributed by atoms with Crippen LogP contribution in [0.25, 0.3) is 0 Å². The van der Waals surface area contributed by atoms with Gasteiger partial charge in [-0.2, -0.15) is 0 Å². The molecule has 0 radical (unpaired) electrons. The molecule has 2 amide bonds. The highest BCUT2D eigenvalue weighted by atomic mass is 79.9. The molecule has 1 fully saturated rings. The number of piperazine rings is 1. The molecule has 6 nitrogen and oxygen atoms in total. The van der Waals surface area contributed by atoms with E-state index in [-0.39, 0.29) is 11.7 Å². The Morgan fingerprint density at radius 3 is 2.50 bits per heavy atom. The molecule has 8 heteroatoms. The first-order chi connectivity index (χ1) is 10.4. The fraction of sp³-hybridized carbons (Fsp3) is 0.429. The van der Waals surface area contributed by atoms with Crippen molar-refractivity contribution in [3.8, 4) is 0 Å². The minimum atomic E-state index is -0.812. The Morgan fingerprint density at radius 1 is 1.32 bits per heavy atom. The number of nitrogens with zero attached hydrogens (tertiary/aromatic N) is 2. The number of carbonyl (C=O) groups excluding carboxylic acids is 2. The summed E-state index contributed by atoms with van der Waals surface area (Å²) in [6.07, 6.45) is -0.363. The second-order valence-electron chi connectivity index (χ2n) is 4.82. The maximum atomic E-state index is 14.0. The molecule has 1 aliphatic heterocycles. The SMILES string of the molecule is CCOC(=O)N1CCN(c2cc(Br)cc(F)c2C(N)=O)CC1. The van der Waals surface area contributed by atoms with Crippen LogP contribution in [0.4, 0.5) is 14.9 Å². The Labute approximate surface area is 136 Å². The van der Waals surface area contributed by atoms with Gasteiger partial charge in [0.1, 0.15) is 5.82 Å². The van der Waals surface area contributed by atoms with Gasteiger partial charge in [0.15, 0.2) is 0 Å². The number of benzene rings is 1. The zero-order chi connectivity index (χ0) is 16.3. The predicted octanol–water partition coefficient (Wildman–Crippen LogP) is 1.97. The van der Waals surface area contributed by atoms with Gasteiger partial charge >= 0.3 is 6.09 Å². The average molecular weight is 374 g/mol. The van der Waals surface area contributed by atoms with Gasteiger partial charge in [-0.15, -0.1) is 0 Å². The lowest BCUT2D eigenvalue weighted by atomic mass is 10.1. The van der Waals surface area contributed by atoms with Gasteiger partial charge in [-0.1, -0.05) is 15.9 Å². The van der Waals surface area contributed by atoms with Gasteiger partial charge in [0.25, 0.3) is 5.91 Å². The standard InChI is InChI=1S/C14H17BrFN3O3/c1-2-22-14(21)19-5-3-18(4-6-19)11-8-9(15)7-10(16)12(11)13(17)20/h7-8H,2-6H2,1H3,(H2,17,20). The van der Waals surface area contributed by atoms with E-state index < -0.39 is 11.7 Å². The molecule has 0 spiro atoms. The molecule has 2 N–H and O–H groups in total. The minimum absolute atomic E-state index is 0.132. The van der Waals surface area contributed by atoms with Crippen LogP contribution in [0, 0.1) is 5.82 Å². The van der Waals surface area contributed by atoms with E-state index in [2.05, 4.69) is 15.9 Å². The van der Waals surface area contributed by atoms with E-state index in [4.69, 9.17) is 10.5 Å². The van der Waals surface area contributed by atoms with E-state index in [0.29, 0.717) is 42.9 Å². The number of halogens is 2. The third-order valence-corrected chi connectivity index (χ3v) is 3.88. The van der Waals surface area contributed by atoms with Crippen LogP contribution in [0.1, 0.15) is 17.3 Å². The molecule has 0 saturated carbocycles. The van der Waals surface area contributed by atoms with Gasteiger partial charge in [-0.3, -0.25) is 4.79 Å². The number of ether oxygens (including phenoxy) is 1. The summed E-state index contributed by atoms with van der Waals surface area (Å²) in [6.45, 7) is 3.87. The van der Waals surface area contributed by atoms with Crippen LogP contribution in [0.15, 0.2) is 16.6 Å². The molecule has 0 unspecified atom stereocenters. The van der Waals surface area contributed by atoms with Crippen LogP contribution < -0.4 is 10.6 Å². The molecule has 0 bridgehead atoms. The van der Waals surface area contributed by atoms with Crippen molar-refractivity contribution < 1.29 is 18.7 Å². The van der Waals surface area contributed by atoms with E-state index in [1.54, 1.807) is 17.9 Å². The first kappa shape index (κ1) is 16.5. The van der Waals surface area contributed by atoms with E-state index >= 15 is 0 Å². The summed E-state index contributed by atoms with van der Waals surface area (Å²) >= 11 is 3.22. The molecule has 2 rings (SSSR count). The van der Waals surface area contributed by atoms with Gasteiger partial charge in [0.05, 0.1) is 17.9 Å². The number of hydrogen-bond donors (Lipinski definition) is 1. The second kappa shape index (κ2) is 6.95. The van der Waals surface area contributed by atoms with Gasteiger partial charge in [-0.25, -0.2) is 9.18 Å². The first-order valence-corrected chi connectivity index (χ1v) is 7.68. The number of anilines is 1. The topological polar surface area (TPSA) is 75.9 Å². The van der Waals surface area contributed by atoms with Crippen LogP contribution in [0.5, 0.6) is 0 Å². The fourth-order valence-electron chi connectivity index (χ4n) is 2.40. The maximum absolute atomic E-state index is 14.0. The number of nitrogens with two attached hydrogens (primary N) is 1. The second-order valence-corrected chi connectivity index (χ2v) is 5.73. The summed E-state index contributed by atoms with van der Waals surface area (Å²) in [7, 11) is 0. The maximum Gasteiger partial charge on any atom is 0.409 e. The molecule has 1 saturated heterocycles. The quantitative estimate of drug-likeness (QED) is 0.878. The monoisotopic (exact) mass is 373 g/mol. The summed E-state index contributed by atoms with van der Waals surface area (Å²) in [5.74, 6) is -1.47. The molecule has 1 aliphatic rings. The largest absolute Gasteiger partial charge is 0.450 e. The van der Waals surface area contributed by atoms with Crippen molar-refractivity contribution >= 4 is 33.6 Å². The lowest BCUT2D eigenvalue weighted by molar-refractivity contribution is 0.0991. The van der Waals surface area contributed by atoms with Crippen molar-refractivity contribution in [1.29, 1.82) is 0 Å². The van der Waals surface area contributed by atoms with E-state index in [1.807, 2.05) is 4.90 Å². The van der Waals surface area contributed by atoms with Crippen molar-refractivity contribution in [1.82, 2.24) is 4.90 Å². The Kier molecular flexibility index (Phi) is 5.23. The average Bonchev–Trinajstić information content (AvgIpc) is 2.46. The van der Waals surface area contributed by atoms with Crippen LogP contribution in [-0.2, 0) is 4.74 Å². The minimum Gasteiger partial charge on any atom is -0.450 e. The summed E-state index contributed by atoms with van der Waals surface area (Å²) < 4.78 is 19.5. The number of rotatable bonds is 3. The third-order valence-electron chi connectivity index (χ3n) is 3.43. The molecule has 0 aliphatic carbocycles. The third kappa shape index (κ3) is 3.49. The molecule has 1 heterocycles. The lowest BCUT2D eigenvalue weighted by Gasteiger charge is -2.36. The lowest BCUT2D eigenvalue weighted by Crippen LogP contribution is -2.49. The molecular weight excluding hydrogens is 357 g/mol. The van der Waals surface area contributed by atoms with Crippen LogP contribution in [0.2, 0.25) is 0 Å². The highest BCUT2D eigenvalue weighted by molar-refractivity contribution is 9.10. The molecule has 120 valence electrons. The van der Waals surface area contributed by atoms with Gasteiger partial charge in [-0.05, 0) is 19.1 Å². The summed E-state index contributed by atoms with van der Waals surface area (Å²) in [5, 5.41) is 0. The number of hydrogen-bond acceptors (Lipinski definition) is 4. The van der Waals surface area contributed by atoms with E-state index in [1.165, 1.54) is 6.07 Å². The smallest absolute Gasteiger partial charge is 0.409 e. The zero-order valence-electron chi connectivity index (χ0n) is 12.1. The highest BCUT2D eigenvalue weighted by Crippen LogP contribution is 2.28. The molecular formula is C14H17BrFN3O3. The van der Waals surface area contributed by atoms with Gasteiger partial charge in [0.2, 0.25) is 0 Å². The summed E-state index contributed by atoms with van der Waals surface area (Å²) in [5.41, 5.74) is 5.58. The van der Waals surface area contributed by atoms with Crippen molar-refractivity contribution in [3.05, 3.63) is 28.0 Å². The van der Waals surface area contributed by atoms with Crippen molar-refractivity contribution in [3.63, 3.8) is 0 Å². The molecule has 0 atom stereocenters. The predicted molar refractivity (Wildman–Crippen MR) is 83.4 cm³/mol. The fourth-order valence-corrected chi connectivity index (χ4v) is 2.82. The van der Waals surface area contributed by atoms with E-state index in [0.717, 1.165) is 0 Å². The number of primary amides is 1. The van der Waals surface area contributed by atoms with E-state index in [9.17, 15) is 14.0 Å². The van der Waals surface area contributed by atoms with Crippen molar-refractivity contribution in [2.24, 2.45) is 5.73 Å². The molecule has 0 aromatic heterocycles. The molecule has 22 heavy (non-hydrogen) atoms. The van der Waals surface area contributed by atoms with Crippen LogP contribution >= 0.6 is 15.9 Å². The van der Waals surface area contributed by atoms with Gasteiger partial charge in [0, 0.05) is 30.7 Å². The first-order valence-electron chi connectivity index (χ1n) is 6.89. The molecule has 1 aromatic carbocycles. The highest BCUT2D eigenvalue weighted by Gasteiger charge is 2.26. The Hall–Kier alpha value is -1.83. The molecule has 1 aromatic rings. The van der Waals surface area contributed by atoms with Crippen LogP contribution in [-0.4, -0.2) is 49.7 Å². The summed E-state index contributed by atoms with van der Waals surface area (Å²) in [6, 6.07) is 2.86. The number of carbonyl (C=O) groups is 2. The Bertz CT molecular complexity index is 589. The van der Waals surface area contributed by atoms with Crippen LogP contribution in [0.3, 0.4) is 0 Å². The van der Waals surface area contributed by atoms with Crippen molar-refractivity contribution in [2.45, 2.75) is 6.92 Å². The Balaban J connectivity index is 2.18. The number of amides is 2. The Morgan fingerprint density at radius 2 is 1.95 bits per heavy atom. The van der Waals surface area contributed by atoms with Gasteiger partial charge < -0.3 is 20.3 Å². The zero-order valence-corrected chi connectivity index (χ0v) is 13.7.